The van der Waals surface area contributed by atoms with Crippen molar-refractivity contribution in [3.8, 4) is 0 Å². The van der Waals surface area contributed by atoms with Crippen LogP contribution in [-0.4, -0.2) is 68.2 Å². The van der Waals surface area contributed by atoms with E-state index in [0.29, 0.717) is 13.1 Å². The SMILES string of the molecule is CN(CC(=O)N1CCN(C(c2ccccc2)c2ccccc2)CC1)S(=O)(=O)c1ccccc1. The average molecular weight is 464 g/mol. The maximum absolute atomic E-state index is 12.9. The van der Waals surface area contributed by atoms with Crippen LogP contribution in [-0.2, 0) is 14.8 Å². The minimum absolute atomic E-state index is 0.116. The molecule has 0 unspecified atom stereocenters. The second-order valence-electron chi connectivity index (χ2n) is 8.21. The number of sulfonamides is 1. The Bertz CT molecular complexity index is 1110. The average Bonchev–Trinajstić information content (AvgIpc) is 2.86. The molecule has 3 aromatic rings. The van der Waals surface area contributed by atoms with Crippen LogP contribution in [0.4, 0.5) is 0 Å². The van der Waals surface area contributed by atoms with Crippen molar-refractivity contribution in [2.75, 3.05) is 39.8 Å². The Morgan fingerprint density at radius 2 is 1.24 bits per heavy atom. The zero-order valence-electron chi connectivity index (χ0n) is 18.7. The first-order valence-corrected chi connectivity index (χ1v) is 12.5. The molecule has 0 N–H and O–H groups in total. The molecule has 7 heteroatoms. The van der Waals surface area contributed by atoms with Gasteiger partial charge in [0.1, 0.15) is 0 Å². The van der Waals surface area contributed by atoms with Crippen molar-refractivity contribution in [2.45, 2.75) is 10.9 Å². The van der Waals surface area contributed by atoms with Crippen LogP contribution < -0.4 is 0 Å². The number of hydrogen-bond acceptors (Lipinski definition) is 4. The number of carbonyl (C=O) groups is 1. The molecular formula is C26H29N3O3S. The van der Waals surface area contributed by atoms with Gasteiger partial charge in [0.2, 0.25) is 15.9 Å². The van der Waals surface area contributed by atoms with Gasteiger partial charge in [-0.25, -0.2) is 8.42 Å². The summed E-state index contributed by atoms with van der Waals surface area (Å²) >= 11 is 0. The third-order valence-corrected chi connectivity index (χ3v) is 7.89. The van der Waals surface area contributed by atoms with Gasteiger partial charge in [0.15, 0.2) is 0 Å². The molecular weight excluding hydrogens is 434 g/mol. The summed E-state index contributed by atoms with van der Waals surface area (Å²) in [5.74, 6) is -0.173. The molecule has 6 nitrogen and oxygen atoms in total. The molecule has 1 heterocycles. The minimum Gasteiger partial charge on any atom is -0.339 e. The maximum atomic E-state index is 12.9. The van der Waals surface area contributed by atoms with Gasteiger partial charge in [0.25, 0.3) is 0 Å². The Balaban J connectivity index is 1.42. The molecule has 1 amide bonds. The molecule has 33 heavy (non-hydrogen) atoms. The van der Waals surface area contributed by atoms with Gasteiger partial charge >= 0.3 is 0 Å². The Morgan fingerprint density at radius 3 is 1.73 bits per heavy atom. The summed E-state index contributed by atoms with van der Waals surface area (Å²) in [5.41, 5.74) is 2.44. The number of rotatable bonds is 7. The summed E-state index contributed by atoms with van der Waals surface area (Å²) in [4.78, 5) is 17.2. The molecule has 0 saturated carbocycles. The van der Waals surface area contributed by atoms with Crippen LogP contribution in [0.25, 0.3) is 0 Å². The number of benzene rings is 3. The van der Waals surface area contributed by atoms with Gasteiger partial charge in [-0.05, 0) is 23.3 Å². The largest absolute Gasteiger partial charge is 0.339 e. The van der Waals surface area contributed by atoms with E-state index in [-0.39, 0.29) is 23.4 Å². The van der Waals surface area contributed by atoms with Crippen molar-refractivity contribution in [1.82, 2.24) is 14.1 Å². The van der Waals surface area contributed by atoms with Gasteiger partial charge in [0, 0.05) is 33.2 Å². The van der Waals surface area contributed by atoms with Crippen LogP contribution in [0.2, 0.25) is 0 Å². The lowest BCUT2D eigenvalue weighted by Crippen LogP contribution is -2.52. The number of nitrogens with zero attached hydrogens (tertiary/aromatic N) is 3. The number of hydrogen-bond donors (Lipinski definition) is 0. The van der Waals surface area contributed by atoms with Crippen molar-refractivity contribution in [1.29, 1.82) is 0 Å². The number of amides is 1. The van der Waals surface area contributed by atoms with Gasteiger partial charge in [-0.1, -0.05) is 78.9 Å². The summed E-state index contributed by atoms with van der Waals surface area (Å²) in [5, 5.41) is 0. The molecule has 3 aromatic carbocycles. The second kappa shape index (κ2) is 10.3. The van der Waals surface area contributed by atoms with E-state index >= 15 is 0 Å². The van der Waals surface area contributed by atoms with Crippen LogP contribution in [0.1, 0.15) is 17.2 Å². The molecule has 0 radical (unpaired) electrons. The number of carbonyl (C=O) groups excluding carboxylic acids is 1. The first-order valence-electron chi connectivity index (χ1n) is 11.1. The Kier molecular flexibility index (Phi) is 7.23. The van der Waals surface area contributed by atoms with E-state index in [1.54, 1.807) is 35.2 Å². The molecule has 0 bridgehead atoms. The summed E-state index contributed by atoms with van der Waals surface area (Å²) in [6, 6.07) is 29.1. The lowest BCUT2D eigenvalue weighted by molar-refractivity contribution is -0.133. The number of piperazine rings is 1. The Morgan fingerprint density at radius 1 is 0.788 bits per heavy atom. The fourth-order valence-corrected chi connectivity index (χ4v) is 5.40. The van der Waals surface area contributed by atoms with Crippen LogP contribution >= 0.6 is 0 Å². The van der Waals surface area contributed by atoms with Crippen LogP contribution in [0.15, 0.2) is 95.9 Å². The van der Waals surface area contributed by atoms with Crippen molar-refractivity contribution in [2.24, 2.45) is 0 Å². The van der Waals surface area contributed by atoms with Gasteiger partial charge < -0.3 is 4.90 Å². The summed E-state index contributed by atoms with van der Waals surface area (Å²) < 4.78 is 26.6. The molecule has 1 fully saturated rings. The molecule has 0 aromatic heterocycles. The monoisotopic (exact) mass is 463 g/mol. The summed E-state index contributed by atoms with van der Waals surface area (Å²) in [6.07, 6.45) is 0. The van der Waals surface area contributed by atoms with Gasteiger partial charge in [-0.2, -0.15) is 4.31 Å². The van der Waals surface area contributed by atoms with Crippen LogP contribution in [0.3, 0.4) is 0 Å². The molecule has 4 rings (SSSR count). The van der Waals surface area contributed by atoms with Gasteiger partial charge in [-0.15, -0.1) is 0 Å². The van der Waals surface area contributed by atoms with E-state index in [9.17, 15) is 13.2 Å². The van der Waals surface area contributed by atoms with E-state index in [0.717, 1.165) is 17.4 Å². The van der Waals surface area contributed by atoms with E-state index in [1.165, 1.54) is 18.2 Å². The Hall–Kier alpha value is -3.00. The minimum atomic E-state index is -3.69. The highest BCUT2D eigenvalue weighted by Gasteiger charge is 2.30. The highest BCUT2D eigenvalue weighted by molar-refractivity contribution is 7.89. The molecule has 0 atom stereocenters. The zero-order chi connectivity index (χ0) is 23.3. The molecule has 1 aliphatic rings. The van der Waals surface area contributed by atoms with E-state index < -0.39 is 10.0 Å². The second-order valence-corrected chi connectivity index (χ2v) is 10.3. The fraction of sp³-hybridized carbons (Fsp3) is 0.269. The molecule has 1 aliphatic heterocycles. The standard InChI is InChI=1S/C26H29N3O3S/c1-27(33(31,32)24-15-9-4-10-16-24)21-25(30)28-17-19-29(20-18-28)26(22-11-5-2-6-12-22)23-13-7-3-8-14-23/h2-16,26H,17-21H2,1H3. The summed E-state index contributed by atoms with van der Waals surface area (Å²) in [7, 11) is -2.24. The van der Waals surface area contributed by atoms with E-state index in [4.69, 9.17) is 0 Å². The highest BCUT2D eigenvalue weighted by Crippen LogP contribution is 2.29. The zero-order valence-corrected chi connectivity index (χ0v) is 19.6. The van der Waals surface area contributed by atoms with Gasteiger partial charge in [-0.3, -0.25) is 9.69 Å². The summed E-state index contributed by atoms with van der Waals surface area (Å²) in [6.45, 7) is 2.39. The normalized spacial score (nSPS) is 15.2. The van der Waals surface area contributed by atoms with Crippen molar-refractivity contribution < 1.29 is 13.2 Å². The predicted molar refractivity (Wildman–Crippen MR) is 129 cm³/mol. The first kappa shape index (κ1) is 23.2. The molecule has 0 aliphatic carbocycles. The third-order valence-electron chi connectivity index (χ3n) is 6.07. The molecule has 172 valence electrons. The maximum Gasteiger partial charge on any atom is 0.243 e. The Labute approximate surface area is 196 Å². The lowest BCUT2D eigenvalue weighted by atomic mass is 9.96. The van der Waals surface area contributed by atoms with Crippen molar-refractivity contribution >= 4 is 15.9 Å². The van der Waals surface area contributed by atoms with Crippen LogP contribution in [0, 0.1) is 0 Å². The van der Waals surface area contributed by atoms with Crippen molar-refractivity contribution in [3.63, 3.8) is 0 Å². The van der Waals surface area contributed by atoms with E-state index in [1.807, 2.05) is 36.4 Å². The quantitative estimate of drug-likeness (QED) is 0.540. The van der Waals surface area contributed by atoms with Crippen LogP contribution in [0.5, 0.6) is 0 Å². The van der Waals surface area contributed by atoms with Gasteiger partial charge in [0.05, 0.1) is 17.5 Å². The predicted octanol–water partition coefficient (Wildman–Crippen LogP) is 3.24. The topological polar surface area (TPSA) is 60.9 Å². The first-order chi connectivity index (χ1) is 16.0. The number of likely N-dealkylation sites (N-methyl/N-ethyl adjacent to an activating group) is 1. The van der Waals surface area contributed by atoms with Crippen molar-refractivity contribution in [3.05, 3.63) is 102 Å². The highest BCUT2D eigenvalue weighted by atomic mass is 32.2. The molecule has 0 spiro atoms. The fourth-order valence-electron chi connectivity index (χ4n) is 4.26. The third kappa shape index (κ3) is 5.33. The lowest BCUT2D eigenvalue weighted by Gasteiger charge is -2.40. The van der Waals surface area contributed by atoms with E-state index in [2.05, 4.69) is 29.2 Å². The smallest absolute Gasteiger partial charge is 0.243 e. The molecule has 1 saturated heterocycles.